The Kier molecular flexibility index (Phi) is 5.80. The van der Waals surface area contributed by atoms with Crippen LogP contribution in [-0.4, -0.2) is 21.5 Å². The van der Waals surface area contributed by atoms with Crippen molar-refractivity contribution in [3.05, 3.63) is 76.8 Å². The molecule has 0 atom stereocenters. The van der Waals surface area contributed by atoms with E-state index in [2.05, 4.69) is 31.7 Å². The lowest BCUT2D eigenvalue weighted by atomic mass is 10.1. The zero-order valence-electron chi connectivity index (χ0n) is 14.0. The highest BCUT2D eigenvalue weighted by Gasteiger charge is 2.03. The van der Waals surface area contributed by atoms with Crippen LogP contribution < -0.4 is 10.6 Å². The van der Waals surface area contributed by atoms with Crippen molar-refractivity contribution < 1.29 is 0 Å². The van der Waals surface area contributed by atoms with E-state index < -0.39 is 0 Å². The molecule has 0 fully saturated rings. The molecule has 0 aliphatic rings. The van der Waals surface area contributed by atoms with Crippen LogP contribution in [0.5, 0.6) is 0 Å². The zero-order chi connectivity index (χ0) is 17.5. The van der Waals surface area contributed by atoms with Gasteiger partial charge in [0.15, 0.2) is 0 Å². The molecule has 0 radical (unpaired) electrons. The predicted octanol–water partition coefficient (Wildman–Crippen LogP) is 4.10. The second kappa shape index (κ2) is 8.44. The number of nitrogens with one attached hydrogen (secondary N) is 2. The van der Waals surface area contributed by atoms with Crippen molar-refractivity contribution in [3.8, 4) is 0 Å². The highest BCUT2D eigenvalue weighted by Crippen LogP contribution is 2.14. The second-order valence-electron chi connectivity index (χ2n) is 5.71. The fourth-order valence-electron chi connectivity index (χ4n) is 2.47. The van der Waals surface area contributed by atoms with Crippen molar-refractivity contribution in [2.45, 2.75) is 19.9 Å². The van der Waals surface area contributed by atoms with Gasteiger partial charge in [-0.1, -0.05) is 29.8 Å². The third-order valence-electron chi connectivity index (χ3n) is 3.64. The Morgan fingerprint density at radius 2 is 1.76 bits per heavy atom. The van der Waals surface area contributed by atoms with Crippen molar-refractivity contribution in [2.24, 2.45) is 0 Å². The van der Waals surface area contributed by atoms with Crippen LogP contribution in [-0.2, 0) is 13.0 Å². The van der Waals surface area contributed by atoms with Crippen LogP contribution in [0.1, 0.15) is 17.0 Å². The van der Waals surface area contributed by atoms with E-state index in [-0.39, 0.29) is 0 Å². The SMILES string of the molecule is Cc1nc(NCCc2cccc(Cl)c2)cc(NCc2cccnc2)n1. The summed E-state index contributed by atoms with van der Waals surface area (Å²) in [4.78, 5) is 13.0. The summed E-state index contributed by atoms with van der Waals surface area (Å²) in [6, 6.07) is 13.8. The Balaban J connectivity index is 1.57. The number of halogens is 1. The van der Waals surface area contributed by atoms with E-state index in [1.807, 2.05) is 49.5 Å². The van der Waals surface area contributed by atoms with Gasteiger partial charge in [-0.3, -0.25) is 4.98 Å². The number of nitrogens with zero attached hydrogens (tertiary/aromatic N) is 3. The second-order valence-corrected chi connectivity index (χ2v) is 6.14. The Hall–Kier alpha value is -2.66. The van der Waals surface area contributed by atoms with Crippen molar-refractivity contribution in [2.75, 3.05) is 17.2 Å². The van der Waals surface area contributed by atoms with Crippen molar-refractivity contribution >= 4 is 23.2 Å². The molecule has 0 aliphatic heterocycles. The minimum Gasteiger partial charge on any atom is -0.370 e. The number of aromatic nitrogens is 3. The van der Waals surface area contributed by atoms with Gasteiger partial charge in [0.25, 0.3) is 0 Å². The minimum atomic E-state index is 0.673. The van der Waals surface area contributed by atoms with Crippen molar-refractivity contribution in [1.82, 2.24) is 15.0 Å². The Morgan fingerprint density at radius 1 is 0.960 bits per heavy atom. The summed E-state index contributed by atoms with van der Waals surface area (Å²) in [6.45, 7) is 3.34. The lowest BCUT2D eigenvalue weighted by molar-refractivity contribution is 0.974. The lowest BCUT2D eigenvalue weighted by Gasteiger charge is -2.10. The standard InChI is InChI=1S/C19H20ClN5/c1-14-24-18(22-9-7-15-4-2-6-17(20)10-15)11-19(25-14)23-13-16-5-3-8-21-12-16/h2-6,8,10-12H,7,9,13H2,1H3,(H2,22,23,24,25). The summed E-state index contributed by atoms with van der Waals surface area (Å²) in [6.07, 6.45) is 4.48. The highest BCUT2D eigenvalue weighted by atomic mass is 35.5. The number of hydrogen-bond acceptors (Lipinski definition) is 5. The van der Waals surface area contributed by atoms with Crippen LogP contribution in [0.15, 0.2) is 54.9 Å². The van der Waals surface area contributed by atoms with Crippen LogP contribution in [0.25, 0.3) is 0 Å². The molecule has 5 nitrogen and oxygen atoms in total. The molecule has 0 saturated carbocycles. The van der Waals surface area contributed by atoms with Gasteiger partial charge in [0.1, 0.15) is 17.5 Å². The van der Waals surface area contributed by atoms with Crippen LogP contribution >= 0.6 is 11.6 Å². The van der Waals surface area contributed by atoms with Gasteiger partial charge in [-0.15, -0.1) is 0 Å². The highest BCUT2D eigenvalue weighted by molar-refractivity contribution is 6.30. The molecule has 0 bridgehead atoms. The van der Waals surface area contributed by atoms with Gasteiger partial charge in [0, 0.05) is 36.6 Å². The molecule has 2 heterocycles. The zero-order valence-corrected chi connectivity index (χ0v) is 14.8. The van der Waals surface area contributed by atoms with Gasteiger partial charge < -0.3 is 10.6 Å². The molecule has 25 heavy (non-hydrogen) atoms. The molecule has 3 aromatic rings. The molecule has 0 saturated heterocycles. The number of pyridine rings is 1. The molecule has 6 heteroatoms. The van der Waals surface area contributed by atoms with E-state index in [1.165, 1.54) is 5.56 Å². The first kappa shape index (κ1) is 17.2. The first-order chi connectivity index (χ1) is 12.2. The number of hydrogen-bond donors (Lipinski definition) is 2. The Morgan fingerprint density at radius 3 is 2.52 bits per heavy atom. The molecule has 128 valence electrons. The van der Waals surface area contributed by atoms with Gasteiger partial charge in [0.2, 0.25) is 0 Å². The average molecular weight is 354 g/mol. The van der Waals surface area contributed by atoms with Crippen LogP contribution in [0.3, 0.4) is 0 Å². The van der Waals surface area contributed by atoms with Gasteiger partial charge in [-0.05, 0) is 42.7 Å². The largest absolute Gasteiger partial charge is 0.370 e. The number of anilines is 2. The molecule has 0 unspecified atom stereocenters. The van der Waals surface area contributed by atoms with E-state index in [0.717, 1.165) is 41.0 Å². The molecule has 0 aliphatic carbocycles. The van der Waals surface area contributed by atoms with Crippen LogP contribution in [0.4, 0.5) is 11.6 Å². The Bertz CT molecular complexity index is 823. The Labute approximate surface area is 152 Å². The van der Waals surface area contributed by atoms with E-state index in [9.17, 15) is 0 Å². The summed E-state index contributed by atoms with van der Waals surface area (Å²) in [5, 5.41) is 7.42. The molecule has 3 rings (SSSR count). The van der Waals surface area contributed by atoms with Gasteiger partial charge in [-0.2, -0.15) is 0 Å². The van der Waals surface area contributed by atoms with Crippen LogP contribution in [0, 0.1) is 6.92 Å². The summed E-state index contributed by atoms with van der Waals surface area (Å²) in [7, 11) is 0. The van der Waals surface area contributed by atoms with Crippen molar-refractivity contribution in [3.63, 3.8) is 0 Å². The molecule has 0 spiro atoms. The van der Waals surface area contributed by atoms with Gasteiger partial charge in [-0.25, -0.2) is 9.97 Å². The molecular weight excluding hydrogens is 334 g/mol. The number of aryl methyl sites for hydroxylation is 1. The molecule has 2 aromatic heterocycles. The maximum atomic E-state index is 6.01. The quantitative estimate of drug-likeness (QED) is 0.669. The maximum Gasteiger partial charge on any atom is 0.132 e. The fourth-order valence-corrected chi connectivity index (χ4v) is 2.68. The maximum absolute atomic E-state index is 6.01. The minimum absolute atomic E-state index is 0.673. The fraction of sp³-hybridized carbons (Fsp3) is 0.211. The summed E-state index contributed by atoms with van der Waals surface area (Å²) in [5.41, 5.74) is 2.30. The monoisotopic (exact) mass is 353 g/mol. The van der Waals surface area contributed by atoms with Gasteiger partial charge >= 0.3 is 0 Å². The number of benzene rings is 1. The summed E-state index contributed by atoms with van der Waals surface area (Å²) >= 11 is 6.01. The smallest absolute Gasteiger partial charge is 0.132 e. The summed E-state index contributed by atoms with van der Waals surface area (Å²) < 4.78 is 0. The normalized spacial score (nSPS) is 10.5. The predicted molar refractivity (Wildman–Crippen MR) is 102 cm³/mol. The van der Waals surface area contributed by atoms with Gasteiger partial charge in [0.05, 0.1) is 0 Å². The van der Waals surface area contributed by atoms with E-state index in [1.54, 1.807) is 6.20 Å². The summed E-state index contributed by atoms with van der Waals surface area (Å²) in [5.74, 6) is 2.33. The van der Waals surface area contributed by atoms with Crippen LogP contribution in [0.2, 0.25) is 5.02 Å². The lowest BCUT2D eigenvalue weighted by Crippen LogP contribution is -2.09. The molecule has 2 N–H and O–H groups in total. The number of rotatable bonds is 7. The molecule has 1 aromatic carbocycles. The van der Waals surface area contributed by atoms with Crippen molar-refractivity contribution in [1.29, 1.82) is 0 Å². The molecule has 0 amide bonds. The third-order valence-corrected chi connectivity index (χ3v) is 3.88. The first-order valence-corrected chi connectivity index (χ1v) is 8.53. The topological polar surface area (TPSA) is 62.7 Å². The average Bonchev–Trinajstić information content (AvgIpc) is 2.61. The van der Waals surface area contributed by atoms with E-state index in [4.69, 9.17) is 11.6 Å². The van der Waals surface area contributed by atoms with E-state index >= 15 is 0 Å². The van der Waals surface area contributed by atoms with E-state index in [0.29, 0.717) is 6.54 Å². The molecular formula is C19H20ClN5. The first-order valence-electron chi connectivity index (χ1n) is 8.16. The third kappa shape index (κ3) is 5.43.